The van der Waals surface area contributed by atoms with Crippen LogP contribution in [0.3, 0.4) is 0 Å². The molecule has 0 fully saturated rings. The van der Waals surface area contributed by atoms with E-state index < -0.39 is 0 Å². The number of rotatable bonds is 5. The normalized spacial score (nSPS) is 11.1. The first-order valence-corrected chi connectivity index (χ1v) is 4.88. The Bertz CT molecular complexity index is 238. The molecular weight excluding hydrogens is 162 g/mol. The lowest BCUT2D eigenvalue weighted by Crippen LogP contribution is -2.21. The number of hydrogen-bond donors (Lipinski definition) is 2. The topological polar surface area (TPSA) is 45.0 Å². The molecule has 1 aromatic heterocycles. The van der Waals surface area contributed by atoms with Crippen molar-refractivity contribution in [2.45, 2.75) is 26.9 Å². The highest BCUT2D eigenvalue weighted by molar-refractivity contribution is 5.16. The Kier molecular flexibility index (Phi) is 3.99. The van der Waals surface area contributed by atoms with Crippen molar-refractivity contribution in [1.29, 1.82) is 0 Å². The molecule has 1 rings (SSSR count). The summed E-state index contributed by atoms with van der Waals surface area (Å²) in [6.07, 6.45) is 2.04. The first-order valence-electron chi connectivity index (χ1n) is 4.88. The molecule has 0 amide bonds. The highest BCUT2D eigenvalue weighted by atomic mass is 15.1. The molecule has 3 nitrogen and oxygen atoms in total. The maximum atomic E-state index is 5.51. The van der Waals surface area contributed by atoms with Crippen LogP contribution in [-0.2, 0) is 13.1 Å². The molecule has 0 aliphatic heterocycles. The Morgan fingerprint density at radius 1 is 1.38 bits per heavy atom. The average molecular weight is 181 g/mol. The minimum absolute atomic E-state index is 0.595. The van der Waals surface area contributed by atoms with E-state index in [1.54, 1.807) is 0 Å². The summed E-state index contributed by atoms with van der Waals surface area (Å²) in [5.74, 6) is 0. The smallest absolute Gasteiger partial charge is 0.0332 e. The number of aromatic nitrogens is 1. The zero-order valence-electron chi connectivity index (χ0n) is 8.51. The Labute approximate surface area is 79.9 Å². The number of nitrogens with one attached hydrogen (secondary N) is 1. The second-order valence-corrected chi connectivity index (χ2v) is 3.20. The lowest BCUT2D eigenvalue weighted by Gasteiger charge is -2.16. The summed E-state index contributed by atoms with van der Waals surface area (Å²) >= 11 is 0. The maximum Gasteiger partial charge on any atom is 0.0332 e. The quantitative estimate of drug-likeness (QED) is 0.719. The standard InChI is InChI=1S/C10H19N3/c1-3-13(4-2)8-9-5-10(6-11)12-7-9/h5,7,12H,3-4,6,8,11H2,1-2H3. The number of H-pyrrole nitrogens is 1. The molecule has 0 bridgehead atoms. The molecule has 0 saturated carbocycles. The molecule has 0 aromatic carbocycles. The van der Waals surface area contributed by atoms with Gasteiger partial charge >= 0.3 is 0 Å². The van der Waals surface area contributed by atoms with Gasteiger partial charge in [0.1, 0.15) is 0 Å². The van der Waals surface area contributed by atoms with Crippen LogP contribution in [0.15, 0.2) is 12.3 Å². The van der Waals surface area contributed by atoms with Gasteiger partial charge in [0, 0.05) is 25.0 Å². The van der Waals surface area contributed by atoms with Gasteiger partial charge in [-0.3, -0.25) is 4.90 Å². The summed E-state index contributed by atoms with van der Waals surface area (Å²) in [5.41, 5.74) is 7.95. The largest absolute Gasteiger partial charge is 0.364 e. The summed E-state index contributed by atoms with van der Waals surface area (Å²) in [4.78, 5) is 5.54. The van der Waals surface area contributed by atoms with Crippen LogP contribution >= 0.6 is 0 Å². The van der Waals surface area contributed by atoms with Gasteiger partial charge in [-0.25, -0.2) is 0 Å². The molecule has 0 atom stereocenters. The Balaban J connectivity index is 2.52. The van der Waals surface area contributed by atoms with Crippen LogP contribution in [0.2, 0.25) is 0 Å². The van der Waals surface area contributed by atoms with Crippen molar-refractivity contribution in [1.82, 2.24) is 9.88 Å². The summed E-state index contributed by atoms with van der Waals surface area (Å²) in [7, 11) is 0. The fourth-order valence-corrected chi connectivity index (χ4v) is 1.41. The second-order valence-electron chi connectivity index (χ2n) is 3.20. The summed E-state index contributed by atoms with van der Waals surface area (Å²) < 4.78 is 0. The van der Waals surface area contributed by atoms with Gasteiger partial charge in [0.25, 0.3) is 0 Å². The maximum absolute atomic E-state index is 5.51. The van der Waals surface area contributed by atoms with Gasteiger partial charge in [-0.2, -0.15) is 0 Å². The third-order valence-electron chi connectivity index (χ3n) is 2.32. The van der Waals surface area contributed by atoms with Crippen molar-refractivity contribution in [2.24, 2.45) is 5.73 Å². The highest BCUT2D eigenvalue weighted by Crippen LogP contribution is 2.06. The number of aromatic amines is 1. The lowest BCUT2D eigenvalue weighted by atomic mass is 10.3. The molecule has 3 heteroatoms. The predicted octanol–water partition coefficient (Wildman–Crippen LogP) is 1.32. The summed E-state index contributed by atoms with van der Waals surface area (Å²) in [6, 6.07) is 2.14. The molecule has 0 spiro atoms. The van der Waals surface area contributed by atoms with Gasteiger partial charge < -0.3 is 10.7 Å². The molecule has 0 aliphatic rings. The Morgan fingerprint density at radius 2 is 2.08 bits per heavy atom. The van der Waals surface area contributed by atoms with Crippen LogP contribution in [-0.4, -0.2) is 23.0 Å². The molecule has 0 aliphatic carbocycles. The van der Waals surface area contributed by atoms with E-state index in [1.165, 1.54) is 5.56 Å². The lowest BCUT2D eigenvalue weighted by molar-refractivity contribution is 0.296. The summed E-state index contributed by atoms with van der Waals surface area (Å²) in [6.45, 7) is 8.17. The fourth-order valence-electron chi connectivity index (χ4n) is 1.41. The molecular formula is C10H19N3. The third-order valence-corrected chi connectivity index (χ3v) is 2.32. The zero-order chi connectivity index (χ0) is 9.68. The van der Waals surface area contributed by atoms with Crippen LogP contribution in [0.5, 0.6) is 0 Å². The van der Waals surface area contributed by atoms with Crippen molar-refractivity contribution in [2.75, 3.05) is 13.1 Å². The van der Waals surface area contributed by atoms with Gasteiger partial charge in [0.15, 0.2) is 0 Å². The fraction of sp³-hybridized carbons (Fsp3) is 0.600. The second kappa shape index (κ2) is 5.04. The van der Waals surface area contributed by atoms with Crippen LogP contribution in [0.1, 0.15) is 25.1 Å². The van der Waals surface area contributed by atoms with Crippen LogP contribution in [0, 0.1) is 0 Å². The van der Waals surface area contributed by atoms with E-state index in [9.17, 15) is 0 Å². The molecule has 0 saturated heterocycles. The van der Waals surface area contributed by atoms with Gasteiger partial charge in [-0.1, -0.05) is 13.8 Å². The molecule has 74 valence electrons. The van der Waals surface area contributed by atoms with Crippen molar-refractivity contribution in [3.8, 4) is 0 Å². The molecule has 3 N–H and O–H groups in total. The molecule has 0 radical (unpaired) electrons. The highest BCUT2D eigenvalue weighted by Gasteiger charge is 2.02. The van der Waals surface area contributed by atoms with Gasteiger partial charge in [0.05, 0.1) is 0 Å². The van der Waals surface area contributed by atoms with Crippen molar-refractivity contribution >= 4 is 0 Å². The van der Waals surface area contributed by atoms with E-state index in [1.807, 2.05) is 6.20 Å². The molecule has 0 unspecified atom stereocenters. The SMILES string of the molecule is CCN(CC)Cc1c[nH]c(CN)c1. The molecule has 13 heavy (non-hydrogen) atoms. The van der Waals surface area contributed by atoms with Crippen LogP contribution < -0.4 is 5.73 Å². The van der Waals surface area contributed by atoms with E-state index in [4.69, 9.17) is 5.73 Å². The van der Waals surface area contributed by atoms with Crippen LogP contribution in [0.25, 0.3) is 0 Å². The zero-order valence-corrected chi connectivity index (χ0v) is 8.51. The number of nitrogens with zero attached hydrogens (tertiary/aromatic N) is 1. The minimum Gasteiger partial charge on any atom is -0.364 e. The number of nitrogens with two attached hydrogens (primary N) is 1. The predicted molar refractivity (Wildman–Crippen MR) is 55.3 cm³/mol. The van der Waals surface area contributed by atoms with E-state index >= 15 is 0 Å². The van der Waals surface area contributed by atoms with Crippen molar-refractivity contribution in [3.05, 3.63) is 23.5 Å². The van der Waals surface area contributed by atoms with Crippen molar-refractivity contribution < 1.29 is 0 Å². The van der Waals surface area contributed by atoms with E-state index in [2.05, 4.69) is 29.8 Å². The van der Waals surface area contributed by atoms with E-state index in [0.717, 1.165) is 25.3 Å². The first-order chi connectivity index (χ1) is 6.30. The molecule has 1 heterocycles. The van der Waals surface area contributed by atoms with Crippen molar-refractivity contribution in [3.63, 3.8) is 0 Å². The minimum atomic E-state index is 0.595. The average Bonchev–Trinajstić information content (AvgIpc) is 2.61. The number of hydrogen-bond acceptors (Lipinski definition) is 2. The Hall–Kier alpha value is -0.800. The first kappa shape index (κ1) is 10.3. The van der Waals surface area contributed by atoms with E-state index in [0.29, 0.717) is 6.54 Å². The van der Waals surface area contributed by atoms with Crippen LogP contribution in [0.4, 0.5) is 0 Å². The molecule has 1 aromatic rings. The van der Waals surface area contributed by atoms with Gasteiger partial charge in [-0.15, -0.1) is 0 Å². The van der Waals surface area contributed by atoms with Gasteiger partial charge in [-0.05, 0) is 24.7 Å². The summed E-state index contributed by atoms with van der Waals surface area (Å²) in [5, 5.41) is 0. The third kappa shape index (κ3) is 2.86. The Morgan fingerprint density at radius 3 is 2.54 bits per heavy atom. The monoisotopic (exact) mass is 181 g/mol. The van der Waals surface area contributed by atoms with E-state index in [-0.39, 0.29) is 0 Å². The van der Waals surface area contributed by atoms with Gasteiger partial charge in [0.2, 0.25) is 0 Å².